The van der Waals surface area contributed by atoms with Crippen LogP contribution < -0.4 is 4.90 Å². The number of carboxylic acids is 2. The van der Waals surface area contributed by atoms with Crippen LogP contribution in [0.4, 0.5) is 11.4 Å². The fraction of sp³-hybridized carbons (Fsp3) is 0.0526. The normalized spacial score (nSPS) is 15.3. The molecule has 1 heterocycles. The first kappa shape index (κ1) is 21.1. The van der Waals surface area contributed by atoms with E-state index in [-0.39, 0.29) is 31.7 Å². The number of carbonyl (C=O) groups is 3. The zero-order valence-corrected chi connectivity index (χ0v) is 16.8. The summed E-state index contributed by atoms with van der Waals surface area (Å²) >= 11 is 6.25. The average molecular weight is 444 g/mol. The molecule has 2 aromatic carbocycles. The Morgan fingerprint density at radius 2 is 1.57 bits per heavy atom. The molecule has 0 unspecified atom stereocenters. The molecule has 11 heteroatoms. The van der Waals surface area contributed by atoms with Crippen LogP contribution in [0.5, 0.6) is 0 Å². The number of thioether (sulfide) groups is 1. The molecule has 2 N–H and O–H groups in total. The van der Waals surface area contributed by atoms with Crippen LogP contribution in [0.2, 0.25) is 0 Å². The quantitative estimate of drug-likeness (QED) is 0.305. The summed E-state index contributed by atoms with van der Waals surface area (Å²) in [6, 6.07) is 8.97. The molecule has 1 amide bonds. The van der Waals surface area contributed by atoms with Gasteiger partial charge in [-0.2, -0.15) is 0 Å². The van der Waals surface area contributed by atoms with Crippen molar-refractivity contribution in [3.8, 4) is 0 Å². The third kappa shape index (κ3) is 3.93. The smallest absolute Gasteiger partial charge is 0.335 e. The Hall–Kier alpha value is -3.57. The summed E-state index contributed by atoms with van der Waals surface area (Å²) < 4.78 is 0.107. The van der Waals surface area contributed by atoms with Gasteiger partial charge >= 0.3 is 11.9 Å². The molecule has 0 saturated carbocycles. The molecular weight excluding hydrogens is 432 g/mol. The molecule has 0 bridgehead atoms. The highest BCUT2D eigenvalue weighted by Crippen LogP contribution is 2.39. The summed E-state index contributed by atoms with van der Waals surface area (Å²) in [5.74, 6) is -3.23. The molecule has 0 spiro atoms. The molecule has 2 aromatic rings. The lowest BCUT2D eigenvalue weighted by Gasteiger charge is -2.16. The number of allylic oxidation sites excluding steroid dienone is 1. The van der Waals surface area contributed by atoms with Gasteiger partial charge in [-0.05, 0) is 48.4 Å². The van der Waals surface area contributed by atoms with Crippen molar-refractivity contribution in [2.75, 3.05) is 4.90 Å². The molecule has 3 rings (SSSR count). The second-order valence-electron chi connectivity index (χ2n) is 6.15. The molecule has 9 nitrogen and oxygen atoms in total. The summed E-state index contributed by atoms with van der Waals surface area (Å²) in [4.78, 5) is 47.3. The Morgan fingerprint density at radius 1 is 1.03 bits per heavy atom. The van der Waals surface area contributed by atoms with Crippen molar-refractivity contribution in [2.45, 2.75) is 6.92 Å². The Kier molecular flexibility index (Phi) is 5.67. The van der Waals surface area contributed by atoms with E-state index < -0.39 is 22.8 Å². The summed E-state index contributed by atoms with van der Waals surface area (Å²) in [6.45, 7) is 1.66. The predicted molar refractivity (Wildman–Crippen MR) is 114 cm³/mol. The van der Waals surface area contributed by atoms with E-state index in [2.05, 4.69) is 0 Å². The zero-order valence-electron chi connectivity index (χ0n) is 15.2. The van der Waals surface area contributed by atoms with Crippen LogP contribution in [0.25, 0.3) is 5.57 Å². The van der Waals surface area contributed by atoms with Crippen LogP contribution >= 0.6 is 24.0 Å². The number of non-ortho nitro benzene ring substituents is 1. The Bertz CT molecular complexity index is 1120. The van der Waals surface area contributed by atoms with Gasteiger partial charge in [0.15, 0.2) is 4.32 Å². The van der Waals surface area contributed by atoms with Gasteiger partial charge in [0.2, 0.25) is 0 Å². The fourth-order valence-corrected chi connectivity index (χ4v) is 4.11. The number of nitro groups is 1. The highest BCUT2D eigenvalue weighted by Gasteiger charge is 2.35. The number of hydrogen-bond acceptors (Lipinski definition) is 7. The third-order valence-corrected chi connectivity index (χ3v) is 5.77. The number of benzene rings is 2. The first-order valence-corrected chi connectivity index (χ1v) is 9.46. The van der Waals surface area contributed by atoms with Gasteiger partial charge in [0, 0.05) is 12.1 Å². The van der Waals surface area contributed by atoms with E-state index in [1.54, 1.807) is 6.92 Å². The molecule has 1 saturated heterocycles. The van der Waals surface area contributed by atoms with E-state index in [1.165, 1.54) is 36.4 Å². The molecule has 30 heavy (non-hydrogen) atoms. The molecule has 0 aliphatic carbocycles. The first-order valence-electron chi connectivity index (χ1n) is 8.23. The first-order chi connectivity index (χ1) is 14.1. The molecule has 0 radical (unpaired) electrons. The second kappa shape index (κ2) is 8.05. The number of amides is 1. The van der Waals surface area contributed by atoms with Gasteiger partial charge in [-0.25, -0.2) is 9.59 Å². The van der Waals surface area contributed by atoms with Crippen LogP contribution in [0.1, 0.15) is 33.2 Å². The zero-order chi connectivity index (χ0) is 22.2. The fourth-order valence-electron chi connectivity index (χ4n) is 2.77. The van der Waals surface area contributed by atoms with E-state index >= 15 is 0 Å². The van der Waals surface area contributed by atoms with Gasteiger partial charge in [0.05, 0.1) is 26.6 Å². The van der Waals surface area contributed by atoms with E-state index in [0.717, 1.165) is 22.7 Å². The van der Waals surface area contributed by atoms with E-state index in [0.29, 0.717) is 11.1 Å². The lowest BCUT2D eigenvalue weighted by Crippen LogP contribution is -2.28. The number of nitro benzene ring substituents is 1. The number of carbonyl (C=O) groups excluding carboxylic acids is 1. The standard InChI is InChI=1S/C19H12N2O7S2/c1-9(10-2-4-13(5-3-10)21(27)28)15-16(22)20(19(29)30-15)14-7-11(17(23)24)6-12(8-14)18(25)26/h2-8H,1H3,(H,23,24)(H,25,26)/b15-9-. The minimum Gasteiger partial charge on any atom is -0.478 e. The minimum absolute atomic E-state index is 0.0290. The summed E-state index contributed by atoms with van der Waals surface area (Å²) in [7, 11) is 0. The summed E-state index contributed by atoms with van der Waals surface area (Å²) in [5, 5.41) is 29.3. The number of thiocarbonyl (C=S) groups is 1. The number of aromatic carboxylic acids is 2. The molecule has 0 aromatic heterocycles. The molecule has 1 fully saturated rings. The lowest BCUT2D eigenvalue weighted by molar-refractivity contribution is -0.384. The van der Waals surface area contributed by atoms with Crippen molar-refractivity contribution in [3.05, 3.63) is 74.2 Å². The maximum absolute atomic E-state index is 13.0. The van der Waals surface area contributed by atoms with Gasteiger partial charge < -0.3 is 10.2 Å². The molecule has 1 aliphatic heterocycles. The Morgan fingerprint density at radius 3 is 2.03 bits per heavy atom. The maximum atomic E-state index is 13.0. The van der Waals surface area contributed by atoms with Crippen molar-refractivity contribution in [2.24, 2.45) is 0 Å². The number of carboxylic acid groups (broad SMARTS) is 2. The predicted octanol–water partition coefficient (Wildman–Crippen LogP) is 3.79. The summed E-state index contributed by atoms with van der Waals surface area (Å²) in [6.07, 6.45) is 0. The van der Waals surface area contributed by atoms with Gasteiger partial charge in [0.1, 0.15) is 0 Å². The second-order valence-corrected chi connectivity index (χ2v) is 7.79. The highest BCUT2D eigenvalue weighted by molar-refractivity contribution is 8.27. The molecule has 1 aliphatic rings. The van der Waals surface area contributed by atoms with Crippen LogP contribution in [0.15, 0.2) is 47.4 Å². The van der Waals surface area contributed by atoms with Crippen molar-refractivity contribution in [3.63, 3.8) is 0 Å². The third-order valence-electron chi connectivity index (χ3n) is 4.29. The number of rotatable bonds is 5. The van der Waals surface area contributed by atoms with E-state index in [1.807, 2.05) is 0 Å². The van der Waals surface area contributed by atoms with E-state index in [9.17, 15) is 34.7 Å². The topological polar surface area (TPSA) is 138 Å². The van der Waals surface area contributed by atoms with Crippen molar-refractivity contribution >= 4 is 63.1 Å². The van der Waals surface area contributed by atoms with Crippen molar-refractivity contribution < 1.29 is 29.5 Å². The molecule has 152 valence electrons. The minimum atomic E-state index is -1.35. The monoisotopic (exact) mass is 444 g/mol. The van der Waals surface area contributed by atoms with Crippen LogP contribution in [-0.4, -0.2) is 37.3 Å². The van der Waals surface area contributed by atoms with E-state index in [4.69, 9.17) is 12.2 Å². The lowest BCUT2D eigenvalue weighted by atomic mass is 10.1. The number of nitrogens with zero attached hydrogens (tertiary/aromatic N) is 2. The van der Waals surface area contributed by atoms with Gasteiger partial charge in [-0.1, -0.05) is 24.0 Å². The van der Waals surface area contributed by atoms with Gasteiger partial charge in [-0.3, -0.25) is 19.8 Å². The molecular formula is C19H12N2O7S2. The van der Waals surface area contributed by atoms with Gasteiger partial charge in [-0.15, -0.1) is 0 Å². The number of hydrogen-bond donors (Lipinski definition) is 2. The summed E-state index contributed by atoms with van der Waals surface area (Å²) in [5.41, 5.74) is 0.446. The molecule has 0 atom stereocenters. The Balaban J connectivity index is 2.04. The van der Waals surface area contributed by atoms with Crippen LogP contribution in [0.3, 0.4) is 0 Å². The SMILES string of the molecule is C/C(=C1/SC(=S)N(c2cc(C(=O)O)cc(C(=O)O)c2)C1=O)c1ccc([N+](=O)[O-])cc1. The highest BCUT2D eigenvalue weighted by atomic mass is 32.2. The Labute approximate surface area is 178 Å². The van der Waals surface area contributed by atoms with Gasteiger partial charge in [0.25, 0.3) is 11.6 Å². The largest absolute Gasteiger partial charge is 0.478 e. The van der Waals surface area contributed by atoms with Crippen molar-refractivity contribution in [1.82, 2.24) is 0 Å². The van der Waals surface area contributed by atoms with Crippen molar-refractivity contribution in [1.29, 1.82) is 0 Å². The number of anilines is 1. The maximum Gasteiger partial charge on any atom is 0.335 e. The van der Waals surface area contributed by atoms with Crippen LogP contribution in [-0.2, 0) is 4.79 Å². The van der Waals surface area contributed by atoms with Crippen LogP contribution in [0, 0.1) is 10.1 Å². The average Bonchev–Trinajstić information content (AvgIpc) is 3.01.